The van der Waals surface area contributed by atoms with Crippen LogP contribution in [0.5, 0.6) is 0 Å². The van der Waals surface area contributed by atoms with Gasteiger partial charge in [0, 0.05) is 0 Å². The molecule has 0 amide bonds. The molecule has 0 heterocycles. The average Bonchev–Trinajstić information content (AvgIpc) is 2.77. The number of rotatable bonds is 6. The molecule has 1 rings (SSSR count). The largest absolute Gasteiger partial charge is 0.0654 e. The molecule has 1 saturated carbocycles. The van der Waals surface area contributed by atoms with Gasteiger partial charge in [-0.25, -0.2) is 0 Å². The zero-order chi connectivity index (χ0) is 9.95. The molecule has 0 aromatic carbocycles. The monoisotopic (exact) mass is 182 g/mol. The van der Waals surface area contributed by atoms with E-state index in [1.807, 2.05) is 0 Å². The Bertz CT molecular complexity index is 143. The molecule has 0 radical (unpaired) electrons. The van der Waals surface area contributed by atoms with Gasteiger partial charge in [0.2, 0.25) is 0 Å². The number of hydrogen-bond donors (Lipinski definition) is 0. The summed E-state index contributed by atoms with van der Waals surface area (Å²) in [4.78, 5) is 0. The fourth-order valence-electron chi connectivity index (χ4n) is 3.62. The molecule has 0 aliphatic heterocycles. The van der Waals surface area contributed by atoms with Gasteiger partial charge in [-0.1, -0.05) is 40.5 Å². The highest BCUT2D eigenvalue weighted by Crippen LogP contribution is 2.72. The summed E-state index contributed by atoms with van der Waals surface area (Å²) in [6.07, 6.45) is 10.0. The van der Waals surface area contributed by atoms with Crippen molar-refractivity contribution in [3.63, 3.8) is 0 Å². The summed E-state index contributed by atoms with van der Waals surface area (Å²) in [5.74, 6) is 0. The molecule has 2 unspecified atom stereocenters. The van der Waals surface area contributed by atoms with E-state index in [4.69, 9.17) is 0 Å². The maximum atomic E-state index is 2.39. The van der Waals surface area contributed by atoms with E-state index >= 15 is 0 Å². The van der Waals surface area contributed by atoms with E-state index in [1.54, 1.807) is 0 Å². The van der Waals surface area contributed by atoms with Crippen LogP contribution in [-0.2, 0) is 0 Å². The fraction of sp³-hybridized carbons (Fsp3) is 1.00. The van der Waals surface area contributed by atoms with E-state index in [1.165, 1.54) is 44.9 Å². The van der Waals surface area contributed by atoms with Crippen LogP contribution < -0.4 is 0 Å². The quantitative estimate of drug-likeness (QED) is 0.554. The minimum absolute atomic E-state index is 0.756. The van der Waals surface area contributed by atoms with Gasteiger partial charge in [0.05, 0.1) is 0 Å². The Labute approximate surface area is 84.1 Å². The van der Waals surface area contributed by atoms with E-state index in [9.17, 15) is 0 Å². The van der Waals surface area contributed by atoms with Crippen LogP contribution in [0.25, 0.3) is 0 Å². The molecule has 0 nitrogen and oxygen atoms in total. The second-order valence-corrected chi connectivity index (χ2v) is 4.94. The third kappa shape index (κ3) is 1.65. The Morgan fingerprint density at radius 2 is 1.15 bits per heavy atom. The standard InChI is InChI=1S/C13H26/c1-5-9-12(7-3)11-13(12,8-4)10-6-2/h5-11H2,1-4H3. The molecule has 1 fully saturated rings. The maximum absolute atomic E-state index is 2.39. The van der Waals surface area contributed by atoms with Gasteiger partial charge in [-0.15, -0.1) is 0 Å². The van der Waals surface area contributed by atoms with E-state index in [-0.39, 0.29) is 0 Å². The van der Waals surface area contributed by atoms with Crippen LogP contribution in [0.3, 0.4) is 0 Å². The lowest BCUT2D eigenvalue weighted by Crippen LogP contribution is -2.13. The summed E-state index contributed by atoms with van der Waals surface area (Å²) in [6.45, 7) is 9.45. The molecule has 2 atom stereocenters. The third-order valence-electron chi connectivity index (χ3n) is 4.49. The first-order valence-corrected chi connectivity index (χ1v) is 6.20. The highest BCUT2D eigenvalue weighted by Gasteiger charge is 2.62. The minimum atomic E-state index is 0.756. The molecule has 0 saturated heterocycles. The van der Waals surface area contributed by atoms with Crippen LogP contribution in [-0.4, -0.2) is 0 Å². The van der Waals surface area contributed by atoms with Crippen molar-refractivity contribution in [3.8, 4) is 0 Å². The van der Waals surface area contributed by atoms with Gasteiger partial charge in [0.15, 0.2) is 0 Å². The molecule has 0 spiro atoms. The molecule has 0 heteroatoms. The van der Waals surface area contributed by atoms with Crippen molar-refractivity contribution < 1.29 is 0 Å². The molecule has 1 aliphatic rings. The summed E-state index contributed by atoms with van der Waals surface area (Å²) in [6, 6.07) is 0. The van der Waals surface area contributed by atoms with Crippen molar-refractivity contribution >= 4 is 0 Å². The summed E-state index contributed by atoms with van der Waals surface area (Å²) in [7, 11) is 0. The Kier molecular flexibility index (Phi) is 3.43. The second-order valence-electron chi connectivity index (χ2n) is 4.94. The molecule has 13 heavy (non-hydrogen) atoms. The summed E-state index contributed by atoms with van der Waals surface area (Å²) in [5.41, 5.74) is 1.51. The van der Waals surface area contributed by atoms with Crippen LogP contribution in [0.1, 0.15) is 72.6 Å². The molecular formula is C13H26. The predicted molar refractivity (Wildman–Crippen MR) is 59.9 cm³/mol. The van der Waals surface area contributed by atoms with Crippen LogP contribution in [0.15, 0.2) is 0 Å². The first-order chi connectivity index (χ1) is 6.20. The first-order valence-electron chi connectivity index (χ1n) is 6.20. The summed E-state index contributed by atoms with van der Waals surface area (Å²) >= 11 is 0. The van der Waals surface area contributed by atoms with E-state index < -0.39 is 0 Å². The van der Waals surface area contributed by atoms with Crippen LogP contribution >= 0.6 is 0 Å². The topological polar surface area (TPSA) is 0 Å². The van der Waals surface area contributed by atoms with Gasteiger partial charge in [-0.3, -0.25) is 0 Å². The Morgan fingerprint density at radius 3 is 1.38 bits per heavy atom. The maximum Gasteiger partial charge on any atom is -0.0238 e. The normalized spacial score (nSPS) is 37.8. The highest BCUT2D eigenvalue weighted by atomic mass is 14.7. The molecule has 0 aromatic heterocycles. The van der Waals surface area contributed by atoms with E-state index in [2.05, 4.69) is 27.7 Å². The van der Waals surface area contributed by atoms with Gasteiger partial charge in [0.25, 0.3) is 0 Å². The van der Waals surface area contributed by atoms with Crippen molar-refractivity contribution in [3.05, 3.63) is 0 Å². The van der Waals surface area contributed by atoms with Gasteiger partial charge >= 0.3 is 0 Å². The van der Waals surface area contributed by atoms with Crippen molar-refractivity contribution in [2.45, 2.75) is 72.6 Å². The second kappa shape index (κ2) is 4.02. The van der Waals surface area contributed by atoms with Crippen LogP contribution in [0.4, 0.5) is 0 Å². The minimum Gasteiger partial charge on any atom is -0.0654 e. The zero-order valence-electron chi connectivity index (χ0n) is 9.95. The lowest BCUT2D eigenvalue weighted by Gasteiger charge is -2.23. The molecule has 0 N–H and O–H groups in total. The Morgan fingerprint density at radius 1 is 0.769 bits per heavy atom. The van der Waals surface area contributed by atoms with Crippen LogP contribution in [0.2, 0.25) is 0 Å². The van der Waals surface area contributed by atoms with Gasteiger partial charge in [-0.2, -0.15) is 0 Å². The lowest BCUT2D eigenvalue weighted by atomic mass is 9.82. The molecule has 1 aliphatic carbocycles. The zero-order valence-corrected chi connectivity index (χ0v) is 9.95. The van der Waals surface area contributed by atoms with Crippen molar-refractivity contribution in [1.29, 1.82) is 0 Å². The average molecular weight is 182 g/mol. The Hall–Kier alpha value is 0. The van der Waals surface area contributed by atoms with Gasteiger partial charge in [0.1, 0.15) is 0 Å². The third-order valence-corrected chi connectivity index (χ3v) is 4.49. The van der Waals surface area contributed by atoms with Gasteiger partial charge < -0.3 is 0 Å². The molecule has 78 valence electrons. The van der Waals surface area contributed by atoms with E-state index in [0.29, 0.717) is 0 Å². The molecule has 0 bridgehead atoms. The fourth-order valence-corrected chi connectivity index (χ4v) is 3.62. The number of hydrogen-bond acceptors (Lipinski definition) is 0. The van der Waals surface area contributed by atoms with Gasteiger partial charge in [-0.05, 0) is 42.9 Å². The highest BCUT2D eigenvalue weighted by molar-refractivity contribution is 5.12. The Balaban J connectivity index is 2.61. The molecule has 0 aromatic rings. The summed E-state index contributed by atoms with van der Waals surface area (Å²) in [5, 5.41) is 0. The SMILES string of the molecule is CCCC1(CC)CC1(CC)CCC. The van der Waals surface area contributed by atoms with E-state index in [0.717, 1.165) is 10.8 Å². The first kappa shape index (κ1) is 11.1. The molecular weight excluding hydrogens is 156 g/mol. The van der Waals surface area contributed by atoms with Crippen LogP contribution in [0, 0.1) is 10.8 Å². The van der Waals surface area contributed by atoms with Crippen molar-refractivity contribution in [2.75, 3.05) is 0 Å². The van der Waals surface area contributed by atoms with Crippen molar-refractivity contribution in [2.24, 2.45) is 10.8 Å². The smallest absolute Gasteiger partial charge is 0.0238 e. The predicted octanol–water partition coefficient (Wildman–Crippen LogP) is 4.78. The lowest BCUT2D eigenvalue weighted by molar-refractivity contribution is 0.274. The van der Waals surface area contributed by atoms with Crippen molar-refractivity contribution in [1.82, 2.24) is 0 Å². The summed E-state index contributed by atoms with van der Waals surface area (Å²) < 4.78 is 0.